The van der Waals surface area contributed by atoms with Crippen molar-refractivity contribution in [2.75, 3.05) is 5.73 Å². The largest absolute Gasteiger partial charge is 0.414 e. The fourth-order valence-electron chi connectivity index (χ4n) is 2.57. The molecule has 0 saturated carbocycles. The predicted molar refractivity (Wildman–Crippen MR) is 93.7 cm³/mol. The summed E-state index contributed by atoms with van der Waals surface area (Å²) in [6.45, 7) is 0.534. The third kappa shape index (κ3) is 4.46. The number of ether oxygens (including phenoxy) is 1. The molecule has 142 valence electrons. The van der Waals surface area contributed by atoms with Crippen molar-refractivity contribution in [2.45, 2.75) is 25.8 Å². The molecule has 3 rings (SSSR count). The summed E-state index contributed by atoms with van der Waals surface area (Å²) >= 11 is 0. The molecule has 1 aromatic heterocycles. The minimum Gasteiger partial charge on any atom is -0.382 e. The van der Waals surface area contributed by atoms with Crippen LogP contribution in [0.3, 0.4) is 0 Å². The first-order valence-corrected chi connectivity index (χ1v) is 8.13. The van der Waals surface area contributed by atoms with Gasteiger partial charge in [-0.1, -0.05) is 18.2 Å². The summed E-state index contributed by atoms with van der Waals surface area (Å²) in [5.74, 6) is -0.355. The molecule has 0 amide bonds. The van der Waals surface area contributed by atoms with E-state index in [1.807, 2.05) is 30.3 Å². The van der Waals surface area contributed by atoms with Gasteiger partial charge in [-0.25, -0.2) is 9.07 Å². The van der Waals surface area contributed by atoms with Crippen LogP contribution >= 0.6 is 0 Å². The number of aromatic nitrogens is 2. The zero-order chi connectivity index (χ0) is 19.6. The summed E-state index contributed by atoms with van der Waals surface area (Å²) in [5, 5.41) is 4.22. The Morgan fingerprint density at radius 1 is 1.11 bits per heavy atom. The number of anilines is 1. The summed E-state index contributed by atoms with van der Waals surface area (Å²) in [4.78, 5) is 0. The number of halogens is 4. The summed E-state index contributed by atoms with van der Waals surface area (Å²) in [6.07, 6.45) is -6.43. The lowest BCUT2D eigenvalue weighted by molar-refractivity contribution is -0.217. The Hall–Kier alpha value is -2.87. The predicted octanol–water partition coefficient (Wildman–Crippen LogP) is 4.73. The second-order valence-corrected chi connectivity index (χ2v) is 6.04. The molecule has 0 aliphatic carbocycles. The van der Waals surface area contributed by atoms with Gasteiger partial charge < -0.3 is 10.5 Å². The molecule has 0 bridgehead atoms. The van der Waals surface area contributed by atoms with Crippen LogP contribution in [0.5, 0.6) is 0 Å². The number of hydrogen-bond acceptors (Lipinski definition) is 3. The smallest absolute Gasteiger partial charge is 0.382 e. The number of nitrogens with zero attached hydrogens (tertiary/aromatic N) is 2. The Labute approximate surface area is 153 Å². The number of nitrogen functional groups attached to an aromatic ring is 1. The molecule has 0 spiro atoms. The zero-order valence-corrected chi connectivity index (χ0v) is 14.4. The van der Waals surface area contributed by atoms with Crippen LogP contribution in [-0.4, -0.2) is 22.1 Å². The molecule has 8 heteroatoms. The van der Waals surface area contributed by atoms with Crippen LogP contribution in [-0.2, 0) is 11.3 Å². The van der Waals surface area contributed by atoms with Crippen LogP contribution in [0.1, 0.15) is 12.5 Å². The maximum Gasteiger partial charge on any atom is 0.414 e. The second kappa shape index (κ2) is 7.40. The average molecular weight is 379 g/mol. The van der Waals surface area contributed by atoms with Gasteiger partial charge in [0.05, 0.1) is 18.0 Å². The van der Waals surface area contributed by atoms with Gasteiger partial charge in [0.25, 0.3) is 0 Å². The first-order chi connectivity index (χ1) is 12.7. The lowest BCUT2D eigenvalue weighted by Gasteiger charge is -2.16. The lowest BCUT2D eigenvalue weighted by Crippen LogP contribution is -2.28. The van der Waals surface area contributed by atoms with Gasteiger partial charge in [-0.05, 0) is 42.8 Å². The number of alkyl halides is 3. The van der Waals surface area contributed by atoms with Crippen molar-refractivity contribution in [3.05, 3.63) is 66.0 Å². The van der Waals surface area contributed by atoms with Gasteiger partial charge in [-0.15, -0.1) is 0 Å². The summed E-state index contributed by atoms with van der Waals surface area (Å²) in [6, 6.07) is 14.6. The third-order valence-corrected chi connectivity index (χ3v) is 3.94. The number of rotatable bonds is 5. The highest BCUT2D eigenvalue weighted by Crippen LogP contribution is 2.28. The van der Waals surface area contributed by atoms with E-state index < -0.39 is 18.1 Å². The zero-order valence-electron chi connectivity index (χ0n) is 14.4. The SMILES string of the molecule is C[C@@H](OCc1cc(F)cc(-c2cc(N)nn2-c2ccccc2)c1)C(F)(F)F. The molecular formula is C19H17F4N3O. The molecule has 27 heavy (non-hydrogen) atoms. The Balaban J connectivity index is 1.94. The van der Waals surface area contributed by atoms with Gasteiger partial charge in [0.2, 0.25) is 0 Å². The van der Waals surface area contributed by atoms with Crippen molar-refractivity contribution in [3.63, 3.8) is 0 Å². The van der Waals surface area contributed by atoms with Gasteiger partial charge in [0.1, 0.15) is 11.6 Å². The highest BCUT2D eigenvalue weighted by molar-refractivity contribution is 5.66. The van der Waals surface area contributed by atoms with E-state index in [0.29, 0.717) is 11.3 Å². The number of benzene rings is 2. The summed E-state index contributed by atoms with van der Waals surface area (Å²) in [7, 11) is 0. The van der Waals surface area contributed by atoms with Crippen LogP contribution in [0.2, 0.25) is 0 Å². The highest BCUT2D eigenvalue weighted by Gasteiger charge is 2.36. The van der Waals surface area contributed by atoms with Crippen molar-refractivity contribution in [2.24, 2.45) is 0 Å². The van der Waals surface area contributed by atoms with Crippen LogP contribution in [0.15, 0.2) is 54.6 Å². The van der Waals surface area contributed by atoms with E-state index in [0.717, 1.165) is 18.7 Å². The topological polar surface area (TPSA) is 53.1 Å². The number of nitrogens with two attached hydrogens (primary N) is 1. The van der Waals surface area contributed by atoms with Gasteiger partial charge in [0.15, 0.2) is 6.10 Å². The molecule has 2 aromatic carbocycles. The molecule has 2 N–H and O–H groups in total. The van der Waals surface area contributed by atoms with Gasteiger partial charge in [-0.3, -0.25) is 0 Å². The average Bonchev–Trinajstić information content (AvgIpc) is 3.01. The Morgan fingerprint density at radius 2 is 1.81 bits per heavy atom. The van der Waals surface area contributed by atoms with Crippen LogP contribution in [0.4, 0.5) is 23.4 Å². The molecule has 0 fully saturated rings. The molecule has 0 aliphatic rings. The van der Waals surface area contributed by atoms with Gasteiger partial charge >= 0.3 is 6.18 Å². The molecule has 0 unspecified atom stereocenters. The van der Waals surface area contributed by atoms with Gasteiger partial charge in [0, 0.05) is 11.6 Å². The van der Waals surface area contributed by atoms with Crippen LogP contribution in [0.25, 0.3) is 16.9 Å². The van der Waals surface area contributed by atoms with E-state index in [9.17, 15) is 17.6 Å². The molecule has 0 aliphatic heterocycles. The number of hydrogen-bond donors (Lipinski definition) is 1. The van der Waals surface area contributed by atoms with E-state index in [-0.39, 0.29) is 18.0 Å². The molecular weight excluding hydrogens is 362 g/mol. The minimum absolute atomic E-state index is 0.238. The molecule has 1 atom stereocenters. The van der Waals surface area contributed by atoms with Crippen LogP contribution < -0.4 is 5.73 Å². The third-order valence-electron chi connectivity index (χ3n) is 3.94. The normalized spacial score (nSPS) is 12.9. The minimum atomic E-state index is -4.48. The lowest BCUT2D eigenvalue weighted by atomic mass is 10.1. The van der Waals surface area contributed by atoms with E-state index in [4.69, 9.17) is 10.5 Å². The number of para-hydroxylation sites is 1. The Bertz CT molecular complexity index is 922. The maximum atomic E-state index is 14.1. The van der Waals surface area contributed by atoms with E-state index in [2.05, 4.69) is 5.10 Å². The van der Waals surface area contributed by atoms with Crippen LogP contribution in [0, 0.1) is 5.82 Å². The van der Waals surface area contributed by atoms with E-state index >= 15 is 0 Å². The van der Waals surface area contributed by atoms with Crippen molar-refractivity contribution in [3.8, 4) is 16.9 Å². The summed E-state index contributed by atoms with van der Waals surface area (Å²) < 4.78 is 58.2. The Kier molecular flexibility index (Phi) is 5.18. The second-order valence-electron chi connectivity index (χ2n) is 6.04. The van der Waals surface area contributed by atoms with Crippen molar-refractivity contribution in [1.29, 1.82) is 0 Å². The standard InChI is InChI=1S/C19H17F4N3O/c1-12(19(21,22)23)27-11-13-7-14(9-15(20)8-13)17-10-18(24)25-26(17)16-5-3-2-4-6-16/h2-10,12H,11H2,1H3,(H2,24,25)/t12-/m1/s1. The van der Waals surface area contributed by atoms with Crippen molar-refractivity contribution < 1.29 is 22.3 Å². The van der Waals surface area contributed by atoms with E-state index in [1.165, 1.54) is 6.07 Å². The van der Waals surface area contributed by atoms with Crippen molar-refractivity contribution >= 4 is 5.82 Å². The first kappa shape index (κ1) is 18.9. The first-order valence-electron chi connectivity index (χ1n) is 8.13. The molecule has 0 saturated heterocycles. The fraction of sp³-hybridized carbons (Fsp3) is 0.211. The van der Waals surface area contributed by atoms with E-state index in [1.54, 1.807) is 16.8 Å². The molecule has 1 heterocycles. The monoisotopic (exact) mass is 379 g/mol. The Morgan fingerprint density at radius 3 is 2.48 bits per heavy atom. The molecule has 3 aromatic rings. The van der Waals surface area contributed by atoms with Gasteiger partial charge in [-0.2, -0.15) is 18.3 Å². The highest BCUT2D eigenvalue weighted by atomic mass is 19.4. The summed E-state index contributed by atoms with van der Waals surface area (Å²) in [5.41, 5.74) is 7.75. The quantitative estimate of drug-likeness (QED) is 0.652. The van der Waals surface area contributed by atoms with Crippen molar-refractivity contribution in [1.82, 2.24) is 9.78 Å². The fourth-order valence-corrected chi connectivity index (χ4v) is 2.57. The molecule has 4 nitrogen and oxygen atoms in total. The molecule has 0 radical (unpaired) electrons. The maximum absolute atomic E-state index is 14.1.